The van der Waals surface area contributed by atoms with Crippen LogP contribution in [0.1, 0.15) is 37.3 Å². The zero-order chi connectivity index (χ0) is 13.7. The molecule has 0 heterocycles. The molecule has 4 rings (SSSR count). The number of rotatable bonds is 2. The maximum atomic E-state index is 6.69. The lowest BCUT2D eigenvalue weighted by atomic mass is 9.80. The smallest absolute Gasteiger partial charge is 0.0332 e. The van der Waals surface area contributed by atoms with Gasteiger partial charge in [-0.1, -0.05) is 52.7 Å². The van der Waals surface area contributed by atoms with Crippen LogP contribution in [0.15, 0.2) is 40.9 Å². The molecule has 4 atom stereocenters. The molecule has 2 heteroatoms. The Morgan fingerprint density at radius 1 is 1.00 bits per heavy atom. The largest absolute Gasteiger partial charge is 0.324 e. The van der Waals surface area contributed by atoms with E-state index in [4.69, 9.17) is 5.73 Å². The summed E-state index contributed by atoms with van der Waals surface area (Å²) >= 11 is 3.66. The summed E-state index contributed by atoms with van der Waals surface area (Å²) in [7, 11) is 0. The number of fused-ring (bicyclic) bond motifs is 3. The standard InChI is InChI=1S/C18H20BrN/c19-17-8-7-15(13-3-1-2-4-14(13)17)18(20)16-10-11-5-6-12(16)9-11/h1-4,7-8,11-12,16,18H,5-6,9-10,20H2. The van der Waals surface area contributed by atoms with Crippen LogP contribution in [0.3, 0.4) is 0 Å². The fraction of sp³-hybridized carbons (Fsp3) is 0.444. The van der Waals surface area contributed by atoms with Crippen molar-refractivity contribution in [3.05, 3.63) is 46.4 Å². The van der Waals surface area contributed by atoms with Crippen LogP contribution < -0.4 is 5.73 Å². The molecule has 0 saturated heterocycles. The topological polar surface area (TPSA) is 26.0 Å². The molecule has 2 fully saturated rings. The maximum Gasteiger partial charge on any atom is 0.0332 e. The lowest BCUT2D eigenvalue weighted by Gasteiger charge is -2.29. The fourth-order valence-electron chi connectivity index (χ4n) is 4.54. The van der Waals surface area contributed by atoms with E-state index < -0.39 is 0 Å². The van der Waals surface area contributed by atoms with E-state index in [9.17, 15) is 0 Å². The SMILES string of the molecule is NC(c1ccc(Br)c2ccccc12)C1CC2CCC1C2. The summed E-state index contributed by atoms with van der Waals surface area (Å²) in [6.07, 6.45) is 5.61. The second kappa shape index (κ2) is 4.85. The third-order valence-electron chi connectivity index (χ3n) is 5.52. The molecule has 2 saturated carbocycles. The fourth-order valence-corrected chi connectivity index (χ4v) is 5.02. The lowest BCUT2D eigenvalue weighted by molar-refractivity contribution is 0.285. The molecule has 0 aliphatic heterocycles. The van der Waals surface area contributed by atoms with Crippen molar-refractivity contribution in [1.82, 2.24) is 0 Å². The van der Waals surface area contributed by atoms with Crippen molar-refractivity contribution in [3.63, 3.8) is 0 Å². The van der Waals surface area contributed by atoms with Gasteiger partial charge < -0.3 is 5.73 Å². The van der Waals surface area contributed by atoms with Crippen molar-refractivity contribution >= 4 is 26.7 Å². The minimum Gasteiger partial charge on any atom is -0.324 e. The van der Waals surface area contributed by atoms with Gasteiger partial charge in [0.15, 0.2) is 0 Å². The number of benzene rings is 2. The number of hydrogen-bond acceptors (Lipinski definition) is 1. The van der Waals surface area contributed by atoms with Crippen molar-refractivity contribution in [3.8, 4) is 0 Å². The molecule has 2 bridgehead atoms. The first-order valence-corrected chi connectivity index (χ1v) is 8.46. The molecule has 0 spiro atoms. The Morgan fingerprint density at radius 2 is 1.80 bits per heavy atom. The normalized spacial score (nSPS) is 30.0. The second-order valence-corrected chi connectivity index (χ2v) is 7.40. The van der Waals surface area contributed by atoms with Crippen molar-refractivity contribution in [2.45, 2.75) is 31.7 Å². The van der Waals surface area contributed by atoms with Gasteiger partial charge in [-0.2, -0.15) is 0 Å². The summed E-state index contributed by atoms with van der Waals surface area (Å²) in [5, 5.41) is 2.60. The van der Waals surface area contributed by atoms with Crippen molar-refractivity contribution in [2.24, 2.45) is 23.5 Å². The Bertz CT molecular complexity index is 651. The van der Waals surface area contributed by atoms with Crippen LogP contribution in [0.2, 0.25) is 0 Å². The Kier molecular flexibility index (Phi) is 3.12. The van der Waals surface area contributed by atoms with Crippen LogP contribution in [0, 0.1) is 17.8 Å². The van der Waals surface area contributed by atoms with Crippen LogP contribution in [-0.4, -0.2) is 0 Å². The summed E-state index contributed by atoms with van der Waals surface area (Å²) in [5.74, 6) is 2.52. The predicted molar refractivity (Wildman–Crippen MR) is 87.5 cm³/mol. The minimum atomic E-state index is 0.197. The molecule has 20 heavy (non-hydrogen) atoms. The summed E-state index contributed by atoms with van der Waals surface area (Å²) in [5.41, 5.74) is 8.02. The first-order valence-electron chi connectivity index (χ1n) is 7.67. The summed E-state index contributed by atoms with van der Waals surface area (Å²) < 4.78 is 1.16. The molecule has 104 valence electrons. The molecular formula is C18H20BrN. The van der Waals surface area contributed by atoms with E-state index in [2.05, 4.69) is 52.3 Å². The van der Waals surface area contributed by atoms with E-state index in [0.29, 0.717) is 5.92 Å². The summed E-state index contributed by atoms with van der Waals surface area (Å²) in [6.45, 7) is 0. The van der Waals surface area contributed by atoms with Gasteiger partial charge in [-0.25, -0.2) is 0 Å². The van der Waals surface area contributed by atoms with Gasteiger partial charge in [0.25, 0.3) is 0 Å². The van der Waals surface area contributed by atoms with Crippen LogP contribution in [0.4, 0.5) is 0 Å². The van der Waals surface area contributed by atoms with Crippen molar-refractivity contribution < 1.29 is 0 Å². The minimum absolute atomic E-state index is 0.197. The van der Waals surface area contributed by atoms with Crippen LogP contribution in [0.25, 0.3) is 10.8 Å². The monoisotopic (exact) mass is 329 g/mol. The average Bonchev–Trinajstić information content (AvgIpc) is 3.10. The summed E-state index contributed by atoms with van der Waals surface area (Å²) in [6, 6.07) is 13.2. The van der Waals surface area contributed by atoms with E-state index in [-0.39, 0.29) is 6.04 Å². The first-order chi connectivity index (χ1) is 9.74. The van der Waals surface area contributed by atoms with Gasteiger partial charge in [0.05, 0.1) is 0 Å². The van der Waals surface area contributed by atoms with Crippen LogP contribution in [-0.2, 0) is 0 Å². The molecule has 0 aromatic heterocycles. The van der Waals surface area contributed by atoms with E-state index >= 15 is 0 Å². The van der Waals surface area contributed by atoms with E-state index in [1.807, 2.05) is 0 Å². The molecule has 2 aromatic rings. The van der Waals surface area contributed by atoms with Gasteiger partial charge in [-0.15, -0.1) is 0 Å². The second-order valence-electron chi connectivity index (χ2n) is 6.55. The quantitative estimate of drug-likeness (QED) is 0.820. The Hall–Kier alpha value is -0.860. The maximum absolute atomic E-state index is 6.69. The van der Waals surface area contributed by atoms with Gasteiger partial charge in [-0.05, 0) is 59.4 Å². The third kappa shape index (κ3) is 1.93. The molecule has 2 N–H and O–H groups in total. The highest BCUT2D eigenvalue weighted by molar-refractivity contribution is 9.10. The molecule has 2 aliphatic rings. The zero-order valence-electron chi connectivity index (χ0n) is 11.6. The number of hydrogen-bond donors (Lipinski definition) is 1. The highest BCUT2D eigenvalue weighted by Crippen LogP contribution is 2.52. The van der Waals surface area contributed by atoms with Gasteiger partial charge in [0.2, 0.25) is 0 Å². The molecule has 2 aliphatic carbocycles. The highest BCUT2D eigenvalue weighted by atomic mass is 79.9. The lowest BCUT2D eigenvalue weighted by Crippen LogP contribution is -2.26. The average molecular weight is 330 g/mol. The Balaban J connectivity index is 1.77. The Labute approximate surface area is 128 Å². The Morgan fingerprint density at radius 3 is 2.50 bits per heavy atom. The van der Waals surface area contributed by atoms with Crippen LogP contribution in [0.5, 0.6) is 0 Å². The molecule has 0 radical (unpaired) electrons. The van der Waals surface area contributed by atoms with Gasteiger partial charge in [0.1, 0.15) is 0 Å². The molecule has 0 amide bonds. The molecule has 2 aromatic carbocycles. The van der Waals surface area contributed by atoms with E-state index in [1.54, 1.807) is 0 Å². The van der Waals surface area contributed by atoms with Gasteiger partial charge in [0, 0.05) is 10.5 Å². The van der Waals surface area contributed by atoms with Crippen molar-refractivity contribution in [2.75, 3.05) is 0 Å². The summed E-state index contributed by atoms with van der Waals surface area (Å²) in [4.78, 5) is 0. The van der Waals surface area contributed by atoms with Gasteiger partial charge in [-0.3, -0.25) is 0 Å². The molecular weight excluding hydrogens is 310 g/mol. The molecule has 4 unspecified atom stereocenters. The van der Waals surface area contributed by atoms with Crippen LogP contribution >= 0.6 is 15.9 Å². The zero-order valence-corrected chi connectivity index (χ0v) is 13.1. The van der Waals surface area contributed by atoms with E-state index in [0.717, 1.165) is 16.3 Å². The third-order valence-corrected chi connectivity index (χ3v) is 6.21. The van der Waals surface area contributed by atoms with Crippen molar-refractivity contribution in [1.29, 1.82) is 0 Å². The number of halogens is 1. The molecule has 1 nitrogen and oxygen atoms in total. The number of nitrogens with two attached hydrogens (primary N) is 1. The first kappa shape index (κ1) is 12.8. The highest BCUT2D eigenvalue weighted by Gasteiger charge is 2.42. The predicted octanol–water partition coefficient (Wildman–Crippen LogP) is 5.04. The van der Waals surface area contributed by atoms with E-state index in [1.165, 1.54) is 42.0 Å². The van der Waals surface area contributed by atoms with Gasteiger partial charge >= 0.3 is 0 Å².